The molecule has 0 bridgehead atoms. The summed E-state index contributed by atoms with van der Waals surface area (Å²) in [7, 11) is 0. The Morgan fingerprint density at radius 2 is 2.06 bits per heavy atom. The molecule has 0 fully saturated rings. The number of aliphatic imine (C=N–C) groups is 2. The van der Waals surface area contributed by atoms with Crippen molar-refractivity contribution >= 4 is 22.7 Å². The number of hydrogen-bond donors (Lipinski definition) is 0. The first kappa shape index (κ1) is 10.5. The van der Waals surface area contributed by atoms with E-state index in [1.165, 1.54) is 16.8 Å². The first-order chi connectivity index (χ1) is 8.25. The molecule has 2 aliphatic rings. The van der Waals surface area contributed by atoms with Crippen LogP contribution in [0.5, 0.6) is 0 Å². The predicted octanol–water partition coefficient (Wildman–Crippen LogP) is 3.66. The number of nitrogens with zero attached hydrogens (tertiary/aromatic N) is 2. The fourth-order valence-electron chi connectivity index (χ4n) is 2.40. The number of dihydropyridines is 1. The highest BCUT2D eigenvalue weighted by molar-refractivity contribution is 6.60. The second-order valence-corrected chi connectivity index (χ2v) is 4.98. The Morgan fingerprint density at radius 3 is 2.88 bits per heavy atom. The smallest absolute Gasteiger partial charge is 0.0924 e. The standard InChI is InChI=1S/C15H16N2/c1-10(2)9-14-15-12(7-8-16-14)11-5-3-4-6-13(11)17-15/h3-7,10H,8-9H2,1-2H3. The van der Waals surface area contributed by atoms with Crippen molar-refractivity contribution in [1.82, 2.24) is 0 Å². The lowest BCUT2D eigenvalue weighted by Crippen LogP contribution is -2.19. The SMILES string of the molecule is CC(C)CC1=NCC=C2C1=Nc1ccccc12. The summed E-state index contributed by atoms with van der Waals surface area (Å²) in [6.45, 7) is 5.25. The van der Waals surface area contributed by atoms with Gasteiger partial charge in [0.15, 0.2) is 0 Å². The lowest BCUT2D eigenvalue weighted by molar-refractivity contribution is 0.685. The van der Waals surface area contributed by atoms with Crippen molar-refractivity contribution in [2.45, 2.75) is 20.3 Å². The zero-order valence-corrected chi connectivity index (χ0v) is 10.3. The summed E-state index contributed by atoms with van der Waals surface area (Å²) in [5.41, 5.74) is 5.91. The van der Waals surface area contributed by atoms with Gasteiger partial charge in [-0.05, 0) is 18.4 Å². The number of fused-ring (bicyclic) bond motifs is 3. The topological polar surface area (TPSA) is 24.7 Å². The number of benzene rings is 1. The van der Waals surface area contributed by atoms with E-state index in [-0.39, 0.29) is 0 Å². The fourth-order valence-corrected chi connectivity index (χ4v) is 2.40. The van der Waals surface area contributed by atoms with Crippen LogP contribution in [0.1, 0.15) is 25.8 Å². The molecule has 0 unspecified atom stereocenters. The van der Waals surface area contributed by atoms with Crippen LogP contribution in [0.4, 0.5) is 5.69 Å². The molecule has 1 aromatic rings. The summed E-state index contributed by atoms with van der Waals surface area (Å²) >= 11 is 0. The summed E-state index contributed by atoms with van der Waals surface area (Å²) in [6, 6.07) is 8.34. The number of para-hydroxylation sites is 1. The third kappa shape index (κ3) is 1.74. The van der Waals surface area contributed by atoms with Crippen molar-refractivity contribution in [2.24, 2.45) is 15.9 Å². The first-order valence-corrected chi connectivity index (χ1v) is 6.18. The van der Waals surface area contributed by atoms with Gasteiger partial charge < -0.3 is 0 Å². The van der Waals surface area contributed by atoms with Crippen LogP contribution in [0.2, 0.25) is 0 Å². The van der Waals surface area contributed by atoms with Gasteiger partial charge in [0.2, 0.25) is 0 Å². The average Bonchev–Trinajstić information content (AvgIpc) is 2.68. The second-order valence-electron chi connectivity index (χ2n) is 4.98. The highest BCUT2D eigenvalue weighted by Gasteiger charge is 2.26. The highest BCUT2D eigenvalue weighted by Crippen LogP contribution is 2.36. The monoisotopic (exact) mass is 224 g/mol. The molecular weight excluding hydrogens is 208 g/mol. The molecule has 0 saturated carbocycles. The Morgan fingerprint density at radius 1 is 1.24 bits per heavy atom. The van der Waals surface area contributed by atoms with Gasteiger partial charge in [0, 0.05) is 11.1 Å². The van der Waals surface area contributed by atoms with Crippen LogP contribution in [0.15, 0.2) is 40.3 Å². The van der Waals surface area contributed by atoms with Crippen molar-refractivity contribution in [2.75, 3.05) is 6.54 Å². The van der Waals surface area contributed by atoms with Gasteiger partial charge in [0.05, 0.1) is 23.7 Å². The summed E-state index contributed by atoms with van der Waals surface area (Å²) in [5.74, 6) is 0.625. The molecule has 17 heavy (non-hydrogen) atoms. The molecule has 86 valence electrons. The summed E-state index contributed by atoms with van der Waals surface area (Å²) in [6.07, 6.45) is 3.21. The number of rotatable bonds is 2. The first-order valence-electron chi connectivity index (χ1n) is 6.18. The molecule has 0 radical (unpaired) electrons. The molecule has 2 heteroatoms. The molecule has 1 aromatic carbocycles. The maximum absolute atomic E-state index is 4.73. The maximum Gasteiger partial charge on any atom is 0.0924 e. The van der Waals surface area contributed by atoms with Gasteiger partial charge in [0.25, 0.3) is 0 Å². The van der Waals surface area contributed by atoms with Crippen molar-refractivity contribution in [3.8, 4) is 0 Å². The van der Waals surface area contributed by atoms with Gasteiger partial charge >= 0.3 is 0 Å². The molecule has 3 rings (SSSR count). The minimum absolute atomic E-state index is 0.625. The molecule has 2 nitrogen and oxygen atoms in total. The molecule has 0 spiro atoms. The molecule has 0 aromatic heterocycles. The van der Waals surface area contributed by atoms with Gasteiger partial charge in [0.1, 0.15) is 0 Å². The van der Waals surface area contributed by atoms with Crippen LogP contribution in [-0.4, -0.2) is 18.0 Å². The summed E-state index contributed by atoms with van der Waals surface area (Å²) < 4.78 is 0. The van der Waals surface area contributed by atoms with Crippen molar-refractivity contribution < 1.29 is 0 Å². The lowest BCUT2D eigenvalue weighted by atomic mass is 9.93. The predicted molar refractivity (Wildman–Crippen MR) is 73.3 cm³/mol. The van der Waals surface area contributed by atoms with Gasteiger partial charge in [-0.15, -0.1) is 0 Å². The average molecular weight is 224 g/mol. The fraction of sp³-hybridized carbons (Fsp3) is 0.333. The van der Waals surface area contributed by atoms with E-state index in [0.29, 0.717) is 5.92 Å². The van der Waals surface area contributed by atoms with Gasteiger partial charge in [-0.3, -0.25) is 4.99 Å². The summed E-state index contributed by atoms with van der Waals surface area (Å²) in [4.78, 5) is 9.33. The van der Waals surface area contributed by atoms with Crippen molar-refractivity contribution in [3.05, 3.63) is 35.9 Å². The maximum atomic E-state index is 4.73. The largest absolute Gasteiger partial charge is 0.283 e. The van der Waals surface area contributed by atoms with Crippen LogP contribution in [0, 0.1) is 5.92 Å². The minimum Gasteiger partial charge on any atom is -0.283 e. The molecule has 0 saturated heterocycles. The van der Waals surface area contributed by atoms with Crippen LogP contribution >= 0.6 is 0 Å². The normalized spacial score (nSPS) is 17.2. The van der Waals surface area contributed by atoms with E-state index in [9.17, 15) is 0 Å². The minimum atomic E-state index is 0.625. The zero-order valence-electron chi connectivity index (χ0n) is 10.3. The molecule has 2 heterocycles. The van der Waals surface area contributed by atoms with Crippen LogP contribution < -0.4 is 0 Å². The van der Waals surface area contributed by atoms with E-state index in [4.69, 9.17) is 4.99 Å². The second kappa shape index (κ2) is 3.95. The lowest BCUT2D eigenvalue weighted by Gasteiger charge is -2.14. The van der Waals surface area contributed by atoms with Crippen LogP contribution in [0.25, 0.3) is 5.57 Å². The number of allylic oxidation sites excluding steroid dienone is 1. The van der Waals surface area contributed by atoms with Crippen LogP contribution in [0.3, 0.4) is 0 Å². The van der Waals surface area contributed by atoms with Crippen molar-refractivity contribution in [1.29, 1.82) is 0 Å². The molecule has 0 N–H and O–H groups in total. The van der Waals surface area contributed by atoms with E-state index in [1.54, 1.807) is 0 Å². The summed E-state index contributed by atoms with van der Waals surface area (Å²) in [5, 5.41) is 0. The van der Waals surface area contributed by atoms with Crippen LogP contribution in [-0.2, 0) is 0 Å². The Bertz CT molecular complexity index is 548. The van der Waals surface area contributed by atoms with E-state index in [1.807, 2.05) is 6.07 Å². The Hall–Kier alpha value is -1.70. The van der Waals surface area contributed by atoms with E-state index < -0.39 is 0 Å². The van der Waals surface area contributed by atoms with Gasteiger partial charge in [-0.2, -0.15) is 0 Å². The molecular formula is C15H16N2. The van der Waals surface area contributed by atoms with E-state index >= 15 is 0 Å². The molecule has 2 aliphatic heterocycles. The van der Waals surface area contributed by atoms with Crippen molar-refractivity contribution in [3.63, 3.8) is 0 Å². The molecule has 0 aliphatic carbocycles. The quantitative estimate of drug-likeness (QED) is 0.732. The Balaban J connectivity index is 2.02. The Kier molecular flexibility index (Phi) is 2.43. The molecule has 0 amide bonds. The Labute approximate surface area is 102 Å². The highest BCUT2D eigenvalue weighted by atomic mass is 14.9. The number of hydrogen-bond acceptors (Lipinski definition) is 2. The third-order valence-electron chi connectivity index (χ3n) is 3.13. The third-order valence-corrected chi connectivity index (χ3v) is 3.13. The molecule has 0 atom stereocenters. The van der Waals surface area contributed by atoms with Gasteiger partial charge in [-0.1, -0.05) is 38.1 Å². The van der Waals surface area contributed by atoms with Gasteiger partial charge in [-0.25, -0.2) is 4.99 Å². The van der Waals surface area contributed by atoms with E-state index in [0.717, 1.165) is 24.4 Å². The van der Waals surface area contributed by atoms with E-state index in [2.05, 4.69) is 43.1 Å². The zero-order chi connectivity index (χ0) is 11.8.